The van der Waals surface area contributed by atoms with Gasteiger partial charge in [0, 0.05) is 11.6 Å². The van der Waals surface area contributed by atoms with Crippen molar-refractivity contribution in [2.24, 2.45) is 10.9 Å². The molecule has 24 heavy (non-hydrogen) atoms. The van der Waals surface area contributed by atoms with E-state index in [2.05, 4.69) is 20.3 Å². The van der Waals surface area contributed by atoms with Crippen molar-refractivity contribution in [2.75, 3.05) is 0 Å². The van der Waals surface area contributed by atoms with Crippen LogP contribution in [0.4, 0.5) is 4.79 Å². The molecule has 2 N–H and O–H groups in total. The summed E-state index contributed by atoms with van der Waals surface area (Å²) in [7, 11) is 0. The fourth-order valence-corrected chi connectivity index (χ4v) is 2.38. The molecule has 0 aliphatic carbocycles. The number of carbonyl (C=O) groups is 2. The van der Waals surface area contributed by atoms with E-state index in [0.29, 0.717) is 11.0 Å². The van der Waals surface area contributed by atoms with Gasteiger partial charge >= 0.3 is 6.16 Å². The molecule has 0 aromatic carbocycles. The summed E-state index contributed by atoms with van der Waals surface area (Å²) in [5.74, 6) is -0.135. The molecule has 0 fully saturated rings. The molecular formula is C16H16N4O4. The number of hydrogen-bond acceptors (Lipinski definition) is 6. The van der Waals surface area contributed by atoms with E-state index in [9.17, 15) is 9.59 Å². The molecule has 0 bridgehead atoms. The molecule has 0 spiro atoms. The summed E-state index contributed by atoms with van der Waals surface area (Å²) in [4.78, 5) is 36.2. The first-order valence-electron chi connectivity index (χ1n) is 7.39. The lowest BCUT2D eigenvalue weighted by Crippen LogP contribution is -2.41. The SMILES string of the molecule is CC(C)C1(C)N=C(c2nc3ncccc3cc2OC(=O)O)NC1=O. The van der Waals surface area contributed by atoms with Gasteiger partial charge in [-0.15, -0.1) is 0 Å². The molecule has 1 atom stereocenters. The predicted molar refractivity (Wildman–Crippen MR) is 86.1 cm³/mol. The zero-order valence-electron chi connectivity index (χ0n) is 13.4. The zero-order valence-corrected chi connectivity index (χ0v) is 13.4. The van der Waals surface area contributed by atoms with Gasteiger partial charge in [0.2, 0.25) is 0 Å². The van der Waals surface area contributed by atoms with Crippen molar-refractivity contribution in [1.29, 1.82) is 0 Å². The summed E-state index contributed by atoms with van der Waals surface area (Å²) in [5, 5.41) is 12.2. The second kappa shape index (κ2) is 5.55. The number of carbonyl (C=O) groups excluding carboxylic acids is 1. The molecular weight excluding hydrogens is 312 g/mol. The highest BCUT2D eigenvalue weighted by Gasteiger charge is 2.43. The number of hydrogen-bond donors (Lipinski definition) is 2. The first-order valence-corrected chi connectivity index (χ1v) is 7.39. The second-order valence-corrected chi connectivity index (χ2v) is 5.97. The lowest BCUT2D eigenvalue weighted by Gasteiger charge is -2.21. The van der Waals surface area contributed by atoms with Gasteiger partial charge in [-0.3, -0.25) is 4.79 Å². The summed E-state index contributed by atoms with van der Waals surface area (Å²) in [5.41, 5.74) is -0.405. The molecule has 3 rings (SSSR count). The van der Waals surface area contributed by atoms with Gasteiger partial charge in [-0.2, -0.15) is 0 Å². The molecule has 1 aliphatic rings. The number of fused-ring (bicyclic) bond motifs is 1. The summed E-state index contributed by atoms with van der Waals surface area (Å²) in [6.07, 6.45) is 0.0993. The van der Waals surface area contributed by atoms with Gasteiger partial charge < -0.3 is 15.2 Å². The maximum Gasteiger partial charge on any atom is 0.511 e. The molecule has 3 heterocycles. The van der Waals surface area contributed by atoms with Crippen LogP contribution in [-0.2, 0) is 4.79 Å². The van der Waals surface area contributed by atoms with Gasteiger partial charge in [0.1, 0.15) is 5.54 Å². The molecule has 1 aliphatic heterocycles. The standard InChI is InChI=1S/C16H16N4O4/c1-8(2)16(3)14(21)19-13(20-16)11-10(24-15(22)23)7-9-5-4-6-17-12(9)18-11/h4-8H,1-3H3,(H,22,23)(H,19,20,21). The molecule has 124 valence electrons. The topological polar surface area (TPSA) is 114 Å². The van der Waals surface area contributed by atoms with Gasteiger partial charge in [0.15, 0.2) is 22.9 Å². The number of nitrogens with zero attached hydrogens (tertiary/aromatic N) is 3. The molecule has 2 aromatic rings. The van der Waals surface area contributed by atoms with Gasteiger partial charge in [-0.25, -0.2) is 19.8 Å². The van der Waals surface area contributed by atoms with Crippen LogP contribution in [-0.4, -0.2) is 38.5 Å². The van der Waals surface area contributed by atoms with Crippen LogP contribution in [0.1, 0.15) is 26.5 Å². The highest BCUT2D eigenvalue weighted by molar-refractivity contribution is 6.16. The van der Waals surface area contributed by atoms with E-state index in [1.54, 1.807) is 25.3 Å². The number of amides is 1. The van der Waals surface area contributed by atoms with Gasteiger partial charge in [0.25, 0.3) is 5.91 Å². The number of pyridine rings is 2. The van der Waals surface area contributed by atoms with E-state index in [1.807, 2.05) is 13.8 Å². The van der Waals surface area contributed by atoms with E-state index in [1.165, 1.54) is 6.07 Å². The van der Waals surface area contributed by atoms with Crippen LogP contribution in [0.25, 0.3) is 11.0 Å². The second-order valence-electron chi connectivity index (χ2n) is 5.97. The first kappa shape index (κ1) is 15.9. The highest BCUT2D eigenvalue weighted by Crippen LogP contribution is 2.30. The van der Waals surface area contributed by atoms with Crippen LogP contribution >= 0.6 is 0 Å². The van der Waals surface area contributed by atoms with Crippen LogP contribution < -0.4 is 10.1 Å². The van der Waals surface area contributed by atoms with Crippen molar-refractivity contribution in [3.05, 3.63) is 30.1 Å². The number of ether oxygens (including phenoxy) is 1. The number of aromatic nitrogens is 2. The maximum atomic E-state index is 12.3. The first-order chi connectivity index (χ1) is 11.3. The average molecular weight is 328 g/mol. The fourth-order valence-electron chi connectivity index (χ4n) is 2.38. The third-order valence-corrected chi connectivity index (χ3v) is 4.14. The van der Waals surface area contributed by atoms with Gasteiger partial charge in [-0.1, -0.05) is 13.8 Å². The maximum absolute atomic E-state index is 12.3. The monoisotopic (exact) mass is 328 g/mol. The predicted octanol–water partition coefficient (Wildman–Crippen LogP) is 1.98. The molecule has 8 heteroatoms. The minimum Gasteiger partial charge on any atom is -0.449 e. The number of nitrogens with one attached hydrogen (secondary N) is 1. The van der Waals surface area contributed by atoms with Crippen molar-refractivity contribution < 1.29 is 19.4 Å². The van der Waals surface area contributed by atoms with Crippen LogP contribution in [0.2, 0.25) is 0 Å². The van der Waals surface area contributed by atoms with Crippen molar-refractivity contribution in [3.8, 4) is 5.75 Å². The lowest BCUT2D eigenvalue weighted by molar-refractivity contribution is -0.124. The highest BCUT2D eigenvalue weighted by atomic mass is 16.7. The largest absolute Gasteiger partial charge is 0.511 e. The summed E-state index contributed by atoms with van der Waals surface area (Å²) in [6, 6.07) is 4.96. The Hall–Kier alpha value is -3.03. The summed E-state index contributed by atoms with van der Waals surface area (Å²) < 4.78 is 4.82. The van der Waals surface area contributed by atoms with Crippen molar-refractivity contribution in [3.63, 3.8) is 0 Å². The van der Waals surface area contributed by atoms with Crippen LogP contribution in [0.15, 0.2) is 29.4 Å². The molecule has 0 radical (unpaired) electrons. The number of carboxylic acid groups (broad SMARTS) is 1. The Morgan fingerprint density at radius 1 is 1.42 bits per heavy atom. The molecule has 2 aromatic heterocycles. The van der Waals surface area contributed by atoms with Crippen molar-refractivity contribution >= 4 is 28.9 Å². The Kier molecular flexibility index (Phi) is 3.67. The normalized spacial score (nSPS) is 20.2. The Balaban J connectivity index is 2.17. The van der Waals surface area contributed by atoms with E-state index in [0.717, 1.165) is 0 Å². The third-order valence-electron chi connectivity index (χ3n) is 4.14. The number of amidine groups is 1. The van der Waals surface area contributed by atoms with Crippen LogP contribution in [0.3, 0.4) is 0 Å². The number of aliphatic imine (C=N–C) groups is 1. The summed E-state index contributed by atoms with van der Waals surface area (Å²) >= 11 is 0. The quantitative estimate of drug-likeness (QED) is 0.833. The zero-order chi connectivity index (χ0) is 17.5. The Morgan fingerprint density at radius 3 is 2.79 bits per heavy atom. The Labute approximate surface area is 137 Å². The summed E-state index contributed by atoms with van der Waals surface area (Å²) in [6.45, 7) is 5.49. The van der Waals surface area contributed by atoms with E-state index >= 15 is 0 Å². The van der Waals surface area contributed by atoms with Gasteiger partial charge in [0.05, 0.1) is 0 Å². The van der Waals surface area contributed by atoms with Crippen LogP contribution in [0.5, 0.6) is 5.75 Å². The van der Waals surface area contributed by atoms with Gasteiger partial charge in [-0.05, 0) is 31.0 Å². The third kappa shape index (κ3) is 2.55. The Bertz CT molecular complexity index is 878. The number of rotatable bonds is 3. The van der Waals surface area contributed by atoms with Crippen molar-refractivity contribution in [1.82, 2.24) is 15.3 Å². The molecule has 0 saturated carbocycles. The lowest BCUT2D eigenvalue weighted by atomic mass is 9.89. The molecule has 1 amide bonds. The average Bonchev–Trinajstić information content (AvgIpc) is 2.83. The minimum absolute atomic E-state index is 0.00458. The smallest absolute Gasteiger partial charge is 0.449 e. The van der Waals surface area contributed by atoms with Crippen molar-refractivity contribution in [2.45, 2.75) is 26.3 Å². The van der Waals surface area contributed by atoms with E-state index in [4.69, 9.17) is 9.84 Å². The fraction of sp³-hybridized carbons (Fsp3) is 0.312. The van der Waals surface area contributed by atoms with E-state index in [-0.39, 0.29) is 29.1 Å². The molecule has 8 nitrogen and oxygen atoms in total. The molecule has 0 saturated heterocycles. The van der Waals surface area contributed by atoms with E-state index < -0.39 is 11.7 Å². The minimum atomic E-state index is -1.47. The Morgan fingerprint density at radius 2 is 2.17 bits per heavy atom. The van der Waals surface area contributed by atoms with Crippen LogP contribution in [0, 0.1) is 5.92 Å². The molecule has 1 unspecified atom stereocenters.